The zero-order chi connectivity index (χ0) is 14.3. The highest BCUT2D eigenvalue weighted by Gasteiger charge is 2.18. The van der Waals surface area contributed by atoms with Gasteiger partial charge in [-0.2, -0.15) is 0 Å². The molecule has 108 valence electrons. The molecule has 0 heterocycles. The van der Waals surface area contributed by atoms with Gasteiger partial charge in [0.15, 0.2) is 0 Å². The number of nitrogens with one attached hydrogen (secondary N) is 1. The van der Waals surface area contributed by atoms with Crippen LogP contribution in [0.2, 0.25) is 0 Å². The molecule has 0 aliphatic rings. The number of likely N-dealkylation sites (N-methyl/N-ethyl adjacent to an activating group) is 2. The van der Waals surface area contributed by atoms with Crippen LogP contribution in [0.25, 0.3) is 0 Å². The second-order valence-electron chi connectivity index (χ2n) is 4.99. The summed E-state index contributed by atoms with van der Waals surface area (Å²) in [4.78, 5) is 2.46. The molecule has 3 heteroatoms. The smallest absolute Gasteiger partial charge is 0.124 e. The van der Waals surface area contributed by atoms with E-state index in [1.807, 2.05) is 20.0 Å². The largest absolute Gasteiger partial charge is 0.494 e. The Hall–Kier alpha value is -1.06. The van der Waals surface area contributed by atoms with Crippen molar-refractivity contribution >= 4 is 0 Å². The minimum Gasteiger partial charge on any atom is -0.494 e. The second kappa shape index (κ2) is 8.18. The van der Waals surface area contributed by atoms with E-state index >= 15 is 0 Å². The van der Waals surface area contributed by atoms with Crippen LogP contribution >= 0.6 is 0 Å². The van der Waals surface area contributed by atoms with Gasteiger partial charge in [0.2, 0.25) is 0 Å². The Labute approximate surface area is 118 Å². The van der Waals surface area contributed by atoms with E-state index in [1.54, 1.807) is 0 Å². The van der Waals surface area contributed by atoms with Gasteiger partial charge in [-0.1, -0.05) is 25.1 Å². The monoisotopic (exact) mass is 264 g/mol. The van der Waals surface area contributed by atoms with E-state index in [0.717, 1.165) is 18.8 Å². The van der Waals surface area contributed by atoms with E-state index < -0.39 is 0 Å². The van der Waals surface area contributed by atoms with Crippen molar-refractivity contribution in [3.05, 3.63) is 29.8 Å². The van der Waals surface area contributed by atoms with Crippen molar-refractivity contribution in [2.24, 2.45) is 0 Å². The Bertz CT molecular complexity index is 366. The summed E-state index contributed by atoms with van der Waals surface area (Å²) in [5, 5.41) is 3.42. The maximum absolute atomic E-state index is 5.74. The van der Waals surface area contributed by atoms with E-state index in [4.69, 9.17) is 4.74 Å². The lowest BCUT2D eigenvalue weighted by atomic mass is 10.0. The molecule has 0 spiro atoms. The van der Waals surface area contributed by atoms with Crippen LogP contribution < -0.4 is 10.1 Å². The first-order chi connectivity index (χ1) is 9.13. The molecule has 0 radical (unpaired) electrons. The molecule has 1 unspecified atom stereocenters. The molecule has 1 aromatic rings. The van der Waals surface area contributed by atoms with Crippen LogP contribution in [0.15, 0.2) is 24.3 Å². The molecule has 0 aliphatic carbocycles. The van der Waals surface area contributed by atoms with Crippen molar-refractivity contribution in [1.29, 1.82) is 0 Å². The lowest BCUT2D eigenvalue weighted by molar-refractivity contribution is 0.208. The van der Waals surface area contributed by atoms with E-state index in [9.17, 15) is 0 Å². The molecule has 1 atom stereocenters. The lowest BCUT2D eigenvalue weighted by Gasteiger charge is -2.30. The minimum atomic E-state index is 0.296. The predicted octanol–water partition coefficient (Wildman–Crippen LogP) is 3.08. The third-order valence-corrected chi connectivity index (χ3v) is 3.50. The fourth-order valence-corrected chi connectivity index (χ4v) is 2.34. The number of para-hydroxylation sites is 1. The molecule has 0 aromatic heterocycles. The Kier molecular flexibility index (Phi) is 6.89. The molecule has 0 saturated heterocycles. The third kappa shape index (κ3) is 4.51. The topological polar surface area (TPSA) is 24.5 Å². The number of hydrogen-bond acceptors (Lipinski definition) is 3. The van der Waals surface area contributed by atoms with Gasteiger partial charge in [-0.15, -0.1) is 0 Å². The Morgan fingerprint density at radius 3 is 2.42 bits per heavy atom. The van der Waals surface area contributed by atoms with Crippen molar-refractivity contribution in [3.63, 3.8) is 0 Å². The van der Waals surface area contributed by atoms with Crippen LogP contribution in [-0.4, -0.2) is 37.7 Å². The summed E-state index contributed by atoms with van der Waals surface area (Å²) < 4.78 is 5.74. The summed E-state index contributed by atoms with van der Waals surface area (Å²) >= 11 is 0. The lowest BCUT2D eigenvalue weighted by Crippen LogP contribution is -2.38. The first kappa shape index (κ1) is 16.0. The van der Waals surface area contributed by atoms with Gasteiger partial charge in [-0.25, -0.2) is 0 Å². The molecule has 0 aliphatic heterocycles. The minimum absolute atomic E-state index is 0.296. The number of nitrogens with zero attached hydrogens (tertiary/aromatic N) is 1. The molecular formula is C16H28N2O. The van der Waals surface area contributed by atoms with Gasteiger partial charge in [0.05, 0.1) is 6.61 Å². The number of ether oxygens (including phenoxy) is 1. The van der Waals surface area contributed by atoms with E-state index in [0.29, 0.717) is 18.7 Å². The van der Waals surface area contributed by atoms with Crippen LogP contribution in [0.5, 0.6) is 5.75 Å². The normalized spacial score (nSPS) is 13.0. The highest BCUT2D eigenvalue weighted by molar-refractivity contribution is 5.36. The molecule has 1 rings (SSSR count). The van der Waals surface area contributed by atoms with Gasteiger partial charge in [-0.05, 0) is 40.4 Å². The van der Waals surface area contributed by atoms with Crippen LogP contribution in [0.3, 0.4) is 0 Å². The van der Waals surface area contributed by atoms with E-state index in [-0.39, 0.29) is 0 Å². The molecule has 0 amide bonds. The Morgan fingerprint density at radius 1 is 1.21 bits per heavy atom. The molecule has 0 bridgehead atoms. The van der Waals surface area contributed by atoms with Gasteiger partial charge in [-0.3, -0.25) is 4.90 Å². The summed E-state index contributed by atoms with van der Waals surface area (Å²) in [6.45, 7) is 11.5. The van der Waals surface area contributed by atoms with E-state index in [1.165, 1.54) is 5.56 Å². The van der Waals surface area contributed by atoms with Gasteiger partial charge in [0, 0.05) is 24.2 Å². The number of rotatable bonds is 8. The van der Waals surface area contributed by atoms with E-state index in [2.05, 4.69) is 49.2 Å². The Morgan fingerprint density at radius 2 is 1.89 bits per heavy atom. The maximum Gasteiger partial charge on any atom is 0.124 e. The summed E-state index contributed by atoms with van der Waals surface area (Å²) in [6.07, 6.45) is 0. The Balaban J connectivity index is 2.90. The highest BCUT2D eigenvalue weighted by Crippen LogP contribution is 2.26. The van der Waals surface area contributed by atoms with Crippen LogP contribution in [0.4, 0.5) is 0 Å². The average Bonchev–Trinajstić information content (AvgIpc) is 2.41. The third-order valence-electron chi connectivity index (χ3n) is 3.50. The van der Waals surface area contributed by atoms with Gasteiger partial charge >= 0.3 is 0 Å². The van der Waals surface area contributed by atoms with Gasteiger partial charge < -0.3 is 10.1 Å². The van der Waals surface area contributed by atoms with Crippen LogP contribution in [0, 0.1) is 0 Å². The van der Waals surface area contributed by atoms with Crippen molar-refractivity contribution in [1.82, 2.24) is 10.2 Å². The van der Waals surface area contributed by atoms with Crippen molar-refractivity contribution in [3.8, 4) is 5.75 Å². The molecule has 19 heavy (non-hydrogen) atoms. The summed E-state index contributed by atoms with van der Waals surface area (Å²) in [5.41, 5.74) is 1.24. The van der Waals surface area contributed by atoms with Crippen molar-refractivity contribution in [2.75, 3.05) is 26.7 Å². The highest BCUT2D eigenvalue weighted by atomic mass is 16.5. The fraction of sp³-hybridized carbons (Fsp3) is 0.625. The molecule has 0 saturated carbocycles. The molecule has 3 nitrogen and oxygen atoms in total. The van der Waals surface area contributed by atoms with Gasteiger partial charge in [0.1, 0.15) is 5.75 Å². The first-order valence-corrected chi connectivity index (χ1v) is 7.27. The summed E-state index contributed by atoms with van der Waals surface area (Å²) in [7, 11) is 2.02. The fourth-order valence-electron chi connectivity index (χ4n) is 2.34. The quantitative estimate of drug-likeness (QED) is 0.781. The standard InChI is InChI=1S/C16H28N2O/c1-6-18(13(3)4)12-15(17-5)14-10-8-9-11-16(14)19-7-2/h8-11,13,15,17H,6-7,12H2,1-5H3. The SMILES string of the molecule is CCOc1ccccc1C(CN(CC)C(C)C)NC. The first-order valence-electron chi connectivity index (χ1n) is 7.27. The van der Waals surface area contributed by atoms with Crippen LogP contribution in [0.1, 0.15) is 39.3 Å². The summed E-state index contributed by atoms with van der Waals surface area (Å²) in [5.74, 6) is 0.990. The van der Waals surface area contributed by atoms with Crippen molar-refractivity contribution in [2.45, 2.75) is 39.8 Å². The van der Waals surface area contributed by atoms with Crippen molar-refractivity contribution < 1.29 is 4.74 Å². The molecule has 0 fully saturated rings. The molecule has 1 aromatic carbocycles. The number of benzene rings is 1. The number of hydrogen-bond donors (Lipinski definition) is 1. The van der Waals surface area contributed by atoms with Crippen LogP contribution in [-0.2, 0) is 0 Å². The molecule has 1 N–H and O–H groups in total. The second-order valence-corrected chi connectivity index (χ2v) is 4.99. The average molecular weight is 264 g/mol. The summed E-state index contributed by atoms with van der Waals surface area (Å²) in [6, 6.07) is 9.16. The molecular weight excluding hydrogens is 236 g/mol. The predicted molar refractivity (Wildman–Crippen MR) is 81.8 cm³/mol. The zero-order valence-corrected chi connectivity index (χ0v) is 12.9. The van der Waals surface area contributed by atoms with Gasteiger partial charge in [0.25, 0.3) is 0 Å². The zero-order valence-electron chi connectivity index (χ0n) is 12.9. The maximum atomic E-state index is 5.74.